The van der Waals surface area contributed by atoms with Gasteiger partial charge in [-0.2, -0.15) is 0 Å². The van der Waals surface area contributed by atoms with Crippen molar-refractivity contribution >= 4 is 11.8 Å². The molecular formula is C28H38O6. The Morgan fingerprint density at radius 1 is 1.06 bits per heavy atom. The summed E-state index contributed by atoms with van der Waals surface area (Å²) in [6, 6.07) is 0. The number of esters is 1. The molecule has 11 atom stereocenters. The first kappa shape index (κ1) is 22.9. The van der Waals surface area contributed by atoms with E-state index in [0.29, 0.717) is 43.3 Å². The summed E-state index contributed by atoms with van der Waals surface area (Å²) in [5, 5.41) is 22.7. The van der Waals surface area contributed by atoms with E-state index in [0.717, 1.165) is 25.7 Å². The molecule has 0 aromatic rings. The fourth-order valence-corrected chi connectivity index (χ4v) is 9.58. The minimum Gasteiger partial charge on any atom is -0.458 e. The zero-order chi connectivity index (χ0) is 24.3. The Bertz CT molecular complexity index is 987. The molecule has 2 saturated heterocycles. The van der Waals surface area contributed by atoms with Crippen LogP contribution in [0.2, 0.25) is 0 Å². The van der Waals surface area contributed by atoms with Gasteiger partial charge in [0.1, 0.15) is 17.3 Å². The molecule has 6 nitrogen and oxygen atoms in total. The second kappa shape index (κ2) is 7.04. The molecule has 0 aromatic carbocycles. The van der Waals surface area contributed by atoms with Crippen LogP contribution in [0.3, 0.4) is 0 Å². The first-order chi connectivity index (χ1) is 16.0. The van der Waals surface area contributed by atoms with Crippen molar-refractivity contribution in [2.24, 2.45) is 40.4 Å². The van der Waals surface area contributed by atoms with Gasteiger partial charge in [0.25, 0.3) is 0 Å². The van der Waals surface area contributed by atoms with E-state index in [9.17, 15) is 19.8 Å². The van der Waals surface area contributed by atoms with Crippen LogP contribution < -0.4 is 0 Å². The molecule has 4 aliphatic carbocycles. The highest BCUT2D eigenvalue weighted by Gasteiger charge is 2.69. The Balaban J connectivity index is 1.30. The lowest BCUT2D eigenvalue weighted by molar-refractivity contribution is -0.234. The summed E-state index contributed by atoms with van der Waals surface area (Å²) in [4.78, 5) is 25.7. The Kier molecular flexibility index (Phi) is 4.75. The summed E-state index contributed by atoms with van der Waals surface area (Å²) in [6.07, 6.45) is 7.75. The molecule has 0 unspecified atom stereocenters. The third-order valence-electron chi connectivity index (χ3n) is 11.7. The lowest BCUT2D eigenvalue weighted by atomic mass is 9.42. The van der Waals surface area contributed by atoms with Gasteiger partial charge < -0.3 is 19.7 Å². The van der Waals surface area contributed by atoms with Gasteiger partial charge in [0.2, 0.25) is 0 Å². The molecule has 6 rings (SSSR count). The predicted octanol–water partition coefficient (Wildman–Crippen LogP) is 3.35. The van der Waals surface area contributed by atoms with Crippen LogP contribution >= 0.6 is 0 Å². The van der Waals surface area contributed by atoms with E-state index in [1.54, 1.807) is 12.2 Å². The van der Waals surface area contributed by atoms with Crippen LogP contribution in [0.1, 0.15) is 65.7 Å². The lowest BCUT2D eigenvalue weighted by Gasteiger charge is -2.63. The molecule has 2 N–H and O–H groups in total. The molecule has 2 heterocycles. The average molecular weight is 471 g/mol. The predicted molar refractivity (Wildman–Crippen MR) is 124 cm³/mol. The number of ether oxygens (including phenoxy) is 2. The summed E-state index contributed by atoms with van der Waals surface area (Å²) < 4.78 is 12.2. The first-order valence-electron chi connectivity index (χ1n) is 13.1. The number of aliphatic hydroxyl groups is 2. The Hall–Kier alpha value is -1.50. The topological polar surface area (TPSA) is 93.1 Å². The normalized spacial score (nSPS) is 56.4. The third-order valence-corrected chi connectivity index (χ3v) is 11.7. The van der Waals surface area contributed by atoms with Gasteiger partial charge in [0.15, 0.2) is 5.78 Å². The van der Waals surface area contributed by atoms with Crippen LogP contribution in [0.15, 0.2) is 24.3 Å². The molecule has 5 fully saturated rings. The van der Waals surface area contributed by atoms with Crippen molar-refractivity contribution in [3.8, 4) is 0 Å². The minimum atomic E-state index is -1.38. The smallest absolute Gasteiger partial charge is 0.336 e. The number of allylic oxidation sites excluding steroid dienone is 1. The van der Waals surface area contributed by atoms with E-state index >= 15 is 0 Å². The van der Waals surface area contributed by atoms with Crippen molar-refractivity contribution in [3.63, 3.8) is 0 Å². The van der Waals surface area contributed by atoms with E-state index in [4.69, 9.17) is 9.47 Å². The molecule has 34 heavy (non-hydrogen) atoms. The highest BCUT2D eigenvalue weighted by Crippen LogP contribution is 2.68. The van der Waals surface area contributed by atoms with Crippen LogP contribution in [0.5, 0.6) is 0 Å². The summed E-state index contributed by atoms with van der Waals surface area (Å²) in [5.74, 6) is 0.769. The fourth-order valence-electron chi connectivity index (χ4n) is 9.58. The summed E-state index contributed by atoms with van der Waals surface area (Å²) in [7, 11) is 0. The number of carbonyl (C=O) groups excluding carboxylic acids is 2. The highest BCUT2D eigenvalue weighted by molar-refractivity contribution is 5.97. The zero-order valence-corrected chi connectivity index (χ0v) is 20.6. The summed E-state index contributed by atoms with van der Waals surface area (Å²) in [6.45, 7) is 10.7. The van der Waals surface area contributed by atoms with Gasteiger partial charge in [-0.3, -0.25) is 4.79 Å². The van der Waals surface area contributed by atoms with Gasteiger partial charge in [0, 0.05) is 12.3 Å². The molecule has 2 bridgehead atoms. The minimum absolute atomic E-state index is 0.0306. The largest absolute Gasteiger partial charge is 0.458 e. The van der Waals surface area contributed by atoms with Crippen LogP contribution in [0.4, 0.5) is 0 Å². The Morgan fingerprint density at radius 2 is 1.76 bits per heavy atom. The number of ketones is 1. The Morgan fingerprint density at radius 3 is 2.50 bits per heavy atom. The van der Waals surface area contributed by atoms with Gasteiger partial charge in [-0.15, -0.1) is 0 Å². The average Bonchev–Trinajstić information content (AvgIpc) is 3.13. The SMILES string of the molecule is C=C1C(=O)O[C@@H]2C[C@@]1(C)OC[C@H]2[C@H]1CC[C@H]2[C@@H]3C[C@H](O)[C@]4(O)CC=CC(=O)[C@]4(C)[C@H]3CC[C@]12C. The number of rotatable bonds is 1. The van der Waals surface area contributed by atoms with Crippen molar-refractivity contribution in [1.82, 2.24) is 0 Å². The second-order valence-electron chi connectivity index (χ2n) is 12.8. The maximum Gasteiger partial charge on any atom is 0.336 e. The number of hydrogen-bond donors (Lipinski definition) is 2. The lowest BCUT2D eigenvalue weighted by Crippen LogP contribution is -2.69. The van der Waals surface area contributed by atoms with Crippen molar-refractivity contribution in [2.75, 3.05) is 6.61 Å². The molecule has 186 valence electrons. The molecule has 0 radical (unpaired) electrons. The highest BCUT2D eigenvalue weighted by atomic mass is 16.6. The monoisotopic (exact) mass is 470 g/mol. The van der Waals surface area contributed by atoms with E-state index < -0.39 is 22.7 Å². The van der Waals surface area contributed by atoms with Gasteiger partial charge in [-0.05, 0) is 87.5 Å². The molecule has 3 saturated carbocycles. The number of fused-ring (bicyclic) bond motifs is 7. The van der Waals surface area contributed by atoms with Crippen molar-refractivity contribution in [1.29, 1.82) is 0 Å². The summed E-state index contributed by atoms with van der Waals surface area (Å²) >= 11 is 0. The molecule has 0 spiro atoms. The van der Waals surface area contributed by atoms with Gasteiger partial charge in [-0.25, -0.2) is 4.79 Å². The Labute approximate surface area is 201 Å². The maximum absolute atomic E-state index is 13.2. The van der Waals surface area contributed by atoms with Crippen LogP contribution in [0.25, 0.3) is 0 Å². The van der Waals surface area contributed by atoms with Gasteiger partial charge in [0.05, 0.1) is 23.7 Å². The van der Waals surface area contributed by atoms with Crippen LogP contribution in [-0.4, -0.2) is 52.0 Å². The molecule has 6 heteroatoms. The van der Waals surface area contributed by atoms with Crippen molar-refractivity contribution < 1.29 is 29.3 Å². The van der Waals surface area contributed by atoms with Crippen LogP contribution in [0, 0.1) is 40.4 Å². The summed E-state index contributed by atoms with van der Waals surface area (Å²) in [5.41, 5.74) is -2.51. The van der Waals surface area contributed by atoms with E-state index in [1.165, 1.54) is 0 Å². The van der Waals surface area contributed by atoms with E-state index in [2.05, 4.69) is 13.5 Å². The standard InChI is InChI=1S/C28H38O6/c1-15-24(31)34-21-13-26(15,3)33-14-17(21)19-8-7-18-16-12-23(30)28(32)10-5-6-22(29)27(28,4)20(16)9-11-25(18,19)2/h5-6,16-21,23,30,32H,1,7-14H2,2-4H3/t16-,17-,18-,19+,20-,21+,23-,25-,26+,27-,28+/m0/s1. The first-order valence-corrected chi connectivity index (χ1v) is 13.1. The van der Waals surface area contributed by atoms with Crippen LogP contribution in [-0.2, 0) is 19.1 Å². The second-order valence-corrected chi connectivity index (χ2v) is 12.8. The van der Waals surface area contributed by atoms with E-state index in [-0.39, 0.29) is 41.0 Å². The van der Waals surface area contributed by atoms with Gasteiger partial charge in [-0.1, -0.05) is 19.6 Å². The molecule has 2 aliphatic heterocycles. The number of hydrogen-bond acceptors (Lipinski definition) is 6. The fraction of sp³-hybridized carbons (Fsp3) is 0.786. The molecule has 6 aliphatic rings. The molecular weight excluding hydrogens is 432 g/mol. The van der Waals surface area contributed by atoms with E-state index in [1.807, 2.05) is 13.8 Å². The van der Waals surface area contributed by atoms with Crippen molar-refractivity contribution in [3.05, 3.63) is 24.3 Å². The number of carbonyl (C=O) groups is 2. The van der Waals surface area contributed by atoms with Gasteiger partial charge >= 0.3 is 5.97 Å². The zero-order valence-electron chi connectivity index (χ0n) is 20.6. The molecule has 0 aromatic heterocycles. The maximum atomic E-state index is 13.2. The third kappa shape index (κ3) is 2.63. The number of aliphatic hydroxyl groups excluding tert-OH is 1. The quantitative estimate of drug-likeness (QED) is 0.451. The van der Waals surface area contributed by atoms with Crippen molar-refractivity contribution in [2.45, 2.75) is 89.1 Å². The molecule has 0 amide bonds.